The van der Waals surface area contributed by atoms with Gasteiger partial charge >= 0.3 is 5.69 Å². The smallest absolute Gasteiger partial charge is 0.332 e. The van der Waals surface area contributed by atoms with Crippen LogP contribution < -0.4 is 21.7 Å². The Kier molecular flexibility index (Phi) is 3.73. The van der Waals surface area contributed by atoms with Gasteiger partial charge in [0.25, 0.3) is 5.56 Å². The molecule has 0 saturated carbocycles. The molecule has 7 nitrogen and oxygen atoms in total. The van der Waals surface area contributed by atoms with Gasteiger partial charge in [0.1, 0.15) is 11.6 Å². The molecule has 2 aromatic carbocycles. The van der Waals surface area contributed by atoms with Crippen molar-refractivity contribution in [1.29, 1.82) is 0 Å². The van der Waals surface area contributed by atoms with E-state index in [9.17, 15) is 9.59 Å². The molecule has 0 radical (unpaired) electrons. The third-order valence-corrected chi connectivity index (χ3v) is 4.85. The van der Waals surface area contributed by atoms with Gasteiger partial charge in [-0.15, -0.1) is 0 Å². The zero-order chi connectivity index (χ0) is 19.3. The summed E-state index contributed by atoms with van der Waals surface area (Å²) in [6.07, 6.45) is 0. The lowest BCUT2D eigenvalue weighted by molar-refractivity contribution is 0.415. The van der Waals surface area contributed by atoms with E-state index in [1.54, 1.807) is 14.2 Å². The maximum absolute atomic E-state index is 13.0. The highest BCUT2D eigenvalue weighted by molar-refractivity contribution is 6.11. The first-order valence-corrected chi connectivity index (χ1v) is 8.36. The summed E-state index contributed by atoms with van der Waals surface area (Å²) in [5.74, 6) is 0.754. The molecular formula is C20H18N4O3. The van der Waals surface area contributed by atoms with E-state index < -0.39 is 11.2 Å². The fraction of sp³-hybridized carbons (Fsp3) is 0.150. The first-order valence-electron chi connectivity index (χ1n) is 8.36. The molecule has 2 N–H and O–H groups in total. The Balaban J connectivity index is 2.31. The van der Waals surface area contributed by atoms with Crippen molar-refractivity contribution in [2.45, 2.75) is 0 Å². The van der Waals surface area contributed by atoms with Gasteiger partial charge in [-0.3, -0.25) is 13.9 Å². The van der Waals surface area contributed by atoms with Gasteiger partial charge in [0.15, 0.2) is 0 Å². The quantitative estimate of drug-likeness (QED) is 0.551. The molecule has 0 fully saturated rings. The zero-order valence-electron chi connectivity index (χ0n) is 15.2. The summed E-state index contributed by atoms with van der Waals surface area (Å²) in [6, 6.07) is 13.0. The molecule has 7 heteroatoms. The molecule has 4 aromatic rings. The van der Waals surface area contributed by atoms with Crippen LogP contribution in [-0.4, -0.2) is 21.2 Å². The van der Waals surface area contributed by atoms with Gasteiger partial charge in [-0.25, -0.2) is 9.78 Å². The number of nitrogen functional groups attached to an aromatic ring is 1. The van der Waals surface area contributed by atoms with Crippen molar-refractivity contribution in [2.75, 3.05) is 12.8 Å². The van der Waals surface area contributed by atoms with Crippen LogP contribution in [0.1, 0.15) is 0 Å². The Labute approximate surface area is 154 Å². The van der Waals surface area contributed by atoms with Crippen LogP contribution >= 0.6 is 0 Å². The summed E-state index contributed by atoms with van der Waals surface area (Å²) in [6.45, 7) is 0. The fourth-order valence-corrected chi connectivity index (χ4v) is 3.36. The lowest BCUT2D eigenvalue weighted by atomic mass is 9.97. The summed E-state index contributed by atoms with van der Waals surface area (Å²) < 4.78 is 7.69. The second-order valence-electron chi connectivity index (χ2n) is 6.35. The van der Waals surface area contributed by atoms with Crippen LogP contribution in [0.15, 0.2) is 52.1 Å². The molecule has 0 amide bonds. The molecule has 0 saturated heterocycles. The van der Waals surface area contributed by atoms with Crippen LogP contribution in [0.3, 0.4) is 0 Å². The van der Waals surface area contributed by atoms with Crippen LogP contribution in [0, 0.1) is 0 Å². The molecule has 0 atom stereocenters. The Morgan fingerprint density at radius 3 is 2.37 bits per heavy atom. The van der Waals surface area contributed by atoms with Crippen molar-refractivity contribution in [3.05, 3.63) is 63.3 Å². The summed E-state index contributed by atoms with van der Waals surface area (Å²) in [7, 11) is 4.57. The molecule has 27 heavy (non-hydrogen) atoms. The molecule has 0 spiro atoms. The molecule has 0 aliphatic carbocycles. The second kappa shape index (κ2) is 5.98. The number of ether oxygens (including phenoxy) is 1. The number of rotatable bonds is 2. The van der Waals surface area contributed by atoms with Gasteiger partial charge in [0.05, 0.1) is 23.7 Å². The maximum atomic E-state index is 13.0. The van der Waals surface area contributed by atoms with Crippen molar-refractivity contribution >= 4 is 27.6 Å². The highest BCUT2D eigenvalue weighted by Crippen LogP contribution is 2.36. The van der Waals surface area contributed by atoms with Gasteiger partial charge in [-0.2, -0.15) is 0 Å². The fourth-order valence-electron chi connectivity index (χ4n) is 3.36. The number of anilines is 1. The van der Waals surface area contributed by atoms with Crippen LogP contribution in [0.25, 0.3) is 32.9 Å². The van der Waals surface area contributed by atoms with Gasteiger partial charge in [0.2, 0.25) is 0 Å². The molecule has 0 aliphatic rings. The lowest BCUT2D eigenvalue weighted by Crippen LogP contribution is -2.39. The van der Waals surface area contributed by atoms with Crippen LogP contribution in [-0.2, 0) is 14.1 Å². The number of nitrogens with zero attached hydrogens (tertiary/aromatic N) is 3. The largest absolute Gasteiger partial charge is 0.497 e. The monoisotopic (exact) mass is 362 g/mol. The van der Waals surface area contributed by atoms with Crippen molar-refractivity contribution in [3.63, 3.8) is 0 Å². The molecule has 136 valence electrons. The number of para-hydroxylation sites is 1. The number of aromatic nitrogens is 3. The molecule has 0 unspecified atom stereocenters. The predicted octanol–water partition coefficient (Wildman–Crippen LogP) is 2.04. The van der Waals surface area contributed by atoms with E-state index in [4.69, 9.17) is 10.5 Å². The molecular weight excluding hydrogens is 344 g/mol. The molecule has 2 heterocycles. The van der Waals surface area contributed by atoms with Gasteiger partial charge in [-0.1, -0.05) is 18.2 Å². The van der Waals surface area contributed by atoms with Crippen molar-refractivity contribution < 1.29 is 4.74 Å². The molecule has 0 aliphatic heterocycles. The third-order valence-electron chi connectivity index (χ3n) is 4.85. The summed E-state index contributed by atoms with van der Waals surface area (Å²) in [5.41, 5.74) is 7.68. The number of fused-ring (bicyclic) bond motifs is 2. The summed E-state index contributed by atoms with van der Waals surface area (Å²) >= 11 is 0. The van der Waals surface area contributed by atoms with Crippen molar-refractivity contribution in [2.24, 2.45) is 14.1 Å². The Bertz CT molecular complexity index is 1340. The van der Waals surface area contributed by atoms with Crippen LogP contribution in [0.5, 0.6) is 5.75 Å². The number of nitrogens with two attached hydrogens (primary N) is 1. The maximum Gasteiger partial charge on any atom is 0.332 e. The van der Waals surface area contributed by atoms with Gasteiger partial charge < -0.3 is 10.5 Å². The topological polar surface area (TPSA) is 92.1 Å². The number of benzene rings is 2. The average molecular weight is 362 g/mol. The molecule has 4 rings (SSSR count). The van der Waals surface area contributed by atoms with Gasteiger partial charge in [-0.05, 0) is 24.3 Å². The second-order valence-corrected chi connectivity index (χ2v) is 6.35. The van der Waals surface area contributed by atoms with Crippen LogP contribution in [0.2, 0.25) is 0 Å². The molecule has 2 aromatic heterocycles. The van der Waals surface area contributed by atoms with E-state index in [0.29, 0.717) is 16.8 Å². The first kappa shape index (κ1) is 16.8. The minimum absolute atomic E-state index is 0.114. The average Bonchev–Trinajstić information content (AvgIpc) is 2.70. The van der Waals surface area contributed by atoms with Crippen molar-refractivity contribution in [3.8, 4) is 16.9 Å². The summed E-state index contributed by atoms with van der Waals surface area (Å²) in [4.78, 5) is 29.9. The lowest BCUT2D eigenvalue weighted by Gasteiger charge is -2.16. The molecule has 0 bridgehead atoms. The third kappa shape index (κ3) is 2.39. The number of methoxy groups -OCH3 is 1. The Hall–Kier alpha value is -3.61. The zero-order valence-corrected chi connectivity index (χ0v) is 15.2. The Morgan fingerprint density at radius 1 is 0.926 bits per heavy atom. The van der Waals surface area contributed by atoms with E-state index in [0.717, 1.165) is 20.9 Å². The van der Waals surface area contributed by atoms with Crippen LogP contribution in [0.4, 0.5) is 5.82 Å². The van der Waals surface area contributed by atoms with E-state index in [2.05, 4.69) is 4.98 Å². The number of hydrogen-bond acceptors (Lipinski definition) is 5. The number of hydrogen-bond donors (Lipinski definition) is 1. The standard InChI is InChI=1S/C20H18N4O3/c1-23-18(21)17(19(25)24(2)20(23)26)16-12-6-4-5-7-14(12)22-15-9-8-11(27-3)10-13(15)16/h4-10H,21H2,1-3H3. The normalized spacial score (nSPS) is 11.2. The highest BCUT2D eigenvalue weighted by Gasteiger charge is 2.20. The van der Waals surface area contributed by atoms with E-state index in [1.807, 2.05) is 42.5 Å². The Morgan fingerprint density at radius 2 is 1.63 bits per heavy atom. The highest BCUT2D eigenvalue weighted by atomic mass is 16.5. The van der Waals surface area contributed by atoms with Crippen molar-refractivity contribution in [1.82, 2.24) is 14.1 Å². The minimum atomic E-state index is -0.471. The van der Waals surface area contributed by atoms with E-state index in [1.165, 1.54) is 11.6 Å². The SMILES string of the molecule is COc1ccc2nc3ccccc3c(-c3c(N)n(C)c(=O)n(C)c3=O)c2c1. The van der Waals surface area contributed by atoms with E-state index in [-0.39, 0.29) is 11.4 Å². The number of pyridine rings is 1. The van der Waals surface area contributed by atoms with Gasteiger partial charge in [0, 0.05) is 30.4 Å². The van der Waals surface area contributed by atoms with E-state index >= 15 is 0 Å². The predicted molar refractivity (Wildman–Crippen MR) is 106 cm³/mol. The minimum Gasteiger partial charge on any atom is -0.497 e. The summed E-state index contributed by atoms with van der Waals surface area (Å²) in [5, 5.41) is 1.51. The first-order chi connectivity index (χ1) is 12.9.